The number of nitrogens with zero attached hydrogens (tertiary/aromatic N) is 3. The van der Waals surface area contributed by atoms with E-state index in [-0.39, 0.29) is 17.6 Å². The minimum atomic E-state index is -0.836. The lowest BCUT2D eigenvalue weighted by Crippen LogP contribution is -2.52. The molecule has 3 aliphatic rings. The second kappa shape index (κ2) is 10.8. The van der Waals surface area contributed by atoms with E-state index in [1.807, 2.05) is 16.0 Å². The van der Waals surface area contributed by atoms with Crippen LogP contribution < -0.4 is 0 Å². The molecule has 2 heterocycles. The van der Waals surface area contributed by atoms with Crippen LogP contribution >= 0.6 is 0 Å². The Morgan fingerprint density at radius 2 is 1.94 bits per heavy atom. The summed E-state index contributed by atoms with van der Waals surface area (Å²) in [5, 5.41) is 11.2. The third-order valence-corrected chi connectivity index (χ3v) is 7.70. The largest absolute Gasteiger partial charge is 0.388 e. The first-order valence-electron chi connectivity index (χ1n) is 12.7. The number of hydrogen-bond acceptors (Lipinski definition) is 4. The van der Waals surface area contributed by atoms with Crippen LogP contribution in [0, 0.1) is 17.7 Å². The summed E-state index contributed by atoms with van der Waals surface area (Å²) in [6.45, 7) is 4.21. The van der Waals surface area contributed by atoms with Gasteiger partial charge in [0.2, 0.25) is 5.91 Å². The summed E-state index contributed by atoms with van der Waals surface area (Å²) in [7, 11) is 0. The van der Waals surface area contributed by atoms with Crippen LogP contribution in [0.1, 0.15) is 70.3 Å². The number of hydrogen-bond donors (Lipinski definition) is 1. The van der Waals surface area contributed by atoms with Crippen molar-refractivity contribution in [2.45, 2.75) is 70.3 Å². The molecule has 1 aromatic rings. The molecule has 1 unspecified atom stereocenters. The molecule has 1 aromatic carbocycles. The molecule has 180 valence electrons. The Labute approximate surface area is 197 Å². The average Bonchev–Trinajstić information content (AvgIpc) is 2.84. The molecule has 1 N–H and O–H groups in total. The number of amides is 1. The first-order chi connectivity index (χ1) is 16.0. The van der Waals surface area contributed by atoms with E-state index in [0.717, 1.165) is 12.8 Å². The quantitative estimate of drug-likeness (QED) is 0.645. The van der Waals surface area contributed by atoms with E-state index < -0.39 is 5.60 Å². The maximum Gasteiger partial charge on any atom is 0.225 e. The van der Waals surface area contributed by atoms with Crippen LogP contribution in [0.4, 0.5) is 4.39 Å². The highest BCUT2D eigenvalue weighted by Gasteiger charge is 2.37. The van der Waals surface area contributed by atoms with E-state index >= 15 is 0 Å². The zero-order valence-electron chi connectivity index (χ0n) is 19.9. The van der Waals surface area contributed by atoms with Crippen molar-refractivity contribution in [2.24, 2.45) is 16.8 Å². The second-order valence-electron chi connectivity index (χ2n) is 10.1. The Hall–Kier alpha value is -2.21. The predicted molar refractivity (Wildman–Crippen MR) is 129 cm³/mol. The third kappa shape index (κ3) is 6.03. The first-order valence-corrected chi connectivity index (χ1v) is 12.7. The van der Waals surface area contributed by atoms with Crippen LogP contribution in [0.5, 0.6) is 0 Å². The normalized spacial score (nSPS) is 22.2. The Bertz CT molecular complexity index is 870. The molecule has 0 radical (unpaired) electrons. The van der Waals surface area contributed by atoms with Gasteiger partial charge in [-0.3, -0.25) is 9.79 Å². The molecule has 6 heteroatoms. The molecular formula is C27H38FN3O2. The average molecular weight is 456 g/mol. The van der Waals surface area contributed by atoms with Gasteiger partial charge in [0.1, 0.15) is 12.5 Å². The van der Waals surface area contributed by atoms with Gasteiger partial charge in [0.15, 0.2) is 0 Å². The Morgan fingerprint density at radius 3 is 2.58 bits per heavy atom. The Balaban J connectivity index is 1.27. The third-order valence-electron chi connectivity index (χ3n) is 7.70. The SMILES string of the molecule is CCC(CC1CCCCC1)C(=O)N1CCC(O)(CN2C=CC(c3ccccc3F)=NC2)CC1. The minimum absolute atomic E-state index is 0.121. The standard InChI is InChI=1S/C27H38FN3O2/c1-2-22(18-21-8-4-3-5-9-21)26(32)31-16-13-27(33,14-17-31)19-30-15-12-25(29-20-30)23-10-6-7-11-24(23)28/h6-7,10-12,15,21-22,33H,2-5,8-9,13-14,16-20H2,1H3. The van der Waals surface area contributed by atoms with E-state index in [9.17, 15) is 14.3 Å². The van der Waals surface area contributed by atoms with Crippen LogP contribution in [0.3, 0.4) is 0 Å². The number of likely N-dealkylation sites (tertiary alicyclic amines) is 1. The van der Waals surface area contributed by atoms with Crippen molar-refractivity contribution in [3.8, 4) is 0 Å². The minimum Gasteiger partial charge on any atom is -0.388 e. The summed E-state index contributed by atoms with van der Waals surface area (Å²) >= 11 is 0. The fourth-order valence-corrected chi connectivity index (χ4v) is 5.59. The van der Waals surface area contributed by atoms with Crippen molar-refractivity contribution in [1.82, 2.24) is 9.80 Å². The first kappa shape index (κ1) is 23.9. The van der Waals surface area contributed by atoms with Crippen LogP contribution in [0.15, 0.2) is 41.5 Å². The maximum absolute atomic E-state index is 14.0. The van der Waals surface area contributed by atoms with Gasteiger partial charge in [-0.2, -0.15) is 0 Å². The number of aliphatic hydroxyl groups is 1. The number of carbonyl (C=O) groups is 1. The Morgan fingerprint density at radius 1 is 1.21 bits per heavy atom. The lowest BCUT2D eigenvalue weighted by atomic mass is 9.81. The number of allylic oxidation sites excluding steroid dienone is 1. The molecule has 0 aromatic heterocycles. The molecule has 4 rings (SSSR count). The number of piperidine rings is 1. The zero-order chi connectivity index (χ0) is 23.3. The van der Waals surface area contributed by atoms with Crippen molar-refractivity contribution in [3.05, 3.63) is 47.9 Å². The highest BCUT2D eigenvalue weighted by Crippen LogP contribution is 2.32. The fourth-order valence-electron chi connectivity index (χ4n) is 5.59. The summed E-state index contributed by atoms with van der Waals surface area (Å²) < 4.78 is 14.0. The number of benzene rings is 1. The van der Waals surface area contributed by atoms with Gasteiger partial charge < -0.3 is 14.9 Å². The molecule has 1 atom stereocenters. The molecule has 1 saturated heterocycles. The molecular weight excluding hydrogens is 417 g/mol. The molecule has 0 spiro atoms. The monoisotopic (exact) mass is 455 g/mol. The molecule has 1 amide bonds. The van der Waals surface area contributed by atoms with Crippen LogP contribution in [-0.4, -0.2) is 58.4 Å². The molecule has 1 aliphatic carbocycles. The zero-order valence-corrected chi connectivity index (χ0v) is 19.9. The lowest BCUT2D eigenvalue weighted by molar-refractivity contribution is -0.141. The molecule has 2 aliphatic heterocycles. The molecule has 33 heavy (non-hydrogen) atoms. The van der Waals surface area contributed by atoms with Crippen molar-refractivity contribution in [3.63, 3.8) is 0 Å². The van der Waals surface area contributed by atoms with Crippen molar-refractivity contribution >= 4 is 11.6 Å². The van der Waals surface area contributed by atoms with Gasteiger partial charge in [-0.05, 0) is 49.8 Å². The highest BCUT2D eigenvalue weighted by atomic mass is 19.1. The summed E-state index contributed by atoms with van der Waals surface area (Å²) in [6.07, 6.45) is 13.3. The van der Waals surface area contributed by atoms with Gasteiger partial charge in [0.05, 0.1) is 11.3 Å². The van der Waals surface area contributed by atoms with Crippen molar-refractivity contribution in [2.75, 3.05) is 26.3 Å². The smallest absolute Gasteiger partial charge is 0.225 e. The van der Waals surface area contributed by atoms with E-state index in [1.54, 1.807) is 24.3 Å². The van der Waals surface area contributed by atoms with E-state index in [1.165, 1.54) is 38.2 Å². The van der Waals surface area contributed by atoms with Gasteiger partial charge in [-0.1, -0.05) is 51.2 Å². The molecule has 2 fully saturated rings. The summed E-state index contributed by atoms with van der Waals surface area (Å²) in [5.74, 6) is 0.825. The number of β-amino-alcohol motifs (C(OH)–C–C–N with tert-alkyl or cyclic N) is 1. The van der Waals surface area contributed by atoms with Gasteiger partial charge in [-0.15, -0.1) is 0 Å². The fraction of sp³-hybridized carbons (Fsp3) is 0.630. The Kier molecular flexibility index (Phi) is 7.84. The van der Waals surface area contributed by atoms with E-state index in [2.05, 4.69) is 11.9 Å². The highest BCUT2D eigenvalue weighted by molar-refractivity contribution is 6.09. The summed E-state index contributed by atoms with van der Waals surface area (Å²) in [4.78, 5) is 21.6. The summed E-state index contributed by atoms with van der Waals surface area (Å²) in [6, 6.07) is 6.64. The number of halogens is 1. The number of carbonyl (C=O) groups excluding carboxylic acids is 1. The molecule has 5 nitrogen and oxygen atoms in total. The topological polar surface area (TPSA) is 56.1 Å². The lowest BCUT2D eigenvalue weighted by Gasteiger charge is -2.42. The van der Waals surface area contributed by atoms with Gasteiger partial charge in [0, 0.05) is 37.3 Å². The van der Waals surface area contributed by atoms with E-state index in [4.69, 9.17) is 0 Å². The second-order valence-corrected chi connectivity index (χ2v) is 10.1. The predicted octanol–water partition coefficient (Wildman–Crippen LogP) is 4.75. The van der Waals surface area contributed by atoms with Crippen molar-refractivity contribution < 1.29 is 14.3 Å². The van der Waals surface area contributed by atoms with Crippen LogP contribution in [-0.2, 0) is 4.79 Å². The van der Waals surface area contributed by atoms with Crippen LogP contribution in [0.25, 0.3) is 0 Å². The van der Waals surface area contributed by atoms with Crippen LogP contribution in [0.2, 0.25) is 0 Å². The molecule has 0 bridgehead atoms. The molecule has 1 saturated carbocycles. The number of rotatable bonds is 7. The summed E-state index contributed by atoms with van der Waals surface area (Å²) in [5.41, 5.74) is 0.287. The number of aliphatic imine (C=N–C) groups is 1. The van der Waals surface area contributed by atoms with Gasteiger partial charge in [-0.25, -0.2) is 4.39 Å². The van der Waals surface area contributed by atoms with Gasteiger partial charge in [0.25, 0.3) is 0 Å². The van der Waals surface area contributed by atoms with Gasteiger partial charge >= 0.3 is 0 Å². The van der Waals surface area contributed by atoms with E-state index in [0.29, 0.717) is 56.3 Å². The maximum atomic E-state index is 14.0. The van der Waals surface area contributed by atoms with Crippen molar-refractivity contribution in [1.29, 1.82) is 0 Å².